The summed E-state index contributed by atoms with van der Waals surface area (Å²) < 4.78 is 37.7. The number of carbonyl (C=O) groups is 2. The fourth-order valence-corrected chi connectivity index (χ4v) is 1.24. The number of carboxylic acids is 1. The number of amides is 1. The molecule has 0 radical (unpaired) electrons. The first-order chi connectivity index (χ1) is 7.88. The zero-order valence-corrected chi connectivity index (χ0v) is 10.8. The SMILES string of the molecule is CC(C)[C@H](NC(=O)CC(C)(C)C(F)(F)F)C(=O)O. The summed E-state index contributed by atoms with van der Waals surface area (Å²) in [5, 5.41) is 10.9. The molecule has 2 N–H and O–H groups in total. The normalized spacial score (nSPS) is 14.4. The zero-order chi connectivity index (χ0) is 14.7. The fraction of sp³-hybridized carbons (Fsp3) is 0.818. The minimum absolute atomic E-state index is 0.402. The third kappa shape index (κ3) is 4.54. The Hall–Kier alpha value is -1.27. The summed E-state index contributed by atoms with van der Waals surface area (Å²) in [7, 11) is 0. The molecule has 106 valence electrons. The van der Waals surface area contributed by atoms with E-state index in [0.717, 1.165) is 13.8 Å². The number of rotatable bonds is 5. The van der Waals surface area contributed by atoms with Crippen molar-refractivity contribution in [1.29, 1.82) is 0 Å². The quantitative estimate of drug-likeness (QED) is 0.804. The Balaban J connectivity index is 4.66. The smallest absolute Gasteiger partial charge is 0.394 e. The predicted octanol–water partition coefficient (Wildman–Crippen LogP) is 2.19. The molecule has 0 aliphatic heterocycles. The highest BCUT2D eigenvalue weighted by Crippen LogP contribution is 2.40. The van der Waals surface area contributed by atoms with Crippen molar-refractivity contribution in [2.75, 3.05) is 0 Å². The van der Waals surface area contributed by atoms with Gasteiger partial charge in [-0.15, -0.1) is 0 Å². The summed E-state index contributed by atoms with van der Waals surface area (Å²) in [6.45, 7) is 4.93. The molecule has 0 fully saturated rings. The van der Waals surface area contributed by atoms with E-state index >= 15 is 0 Å². The molecule has 0 unspecified atom stereocenters. The van der Waals surface area contributed by atoms with Gasteiger partial charge < -0.3 is 10.4 Å². The molecule has 7 heteroatoms. The van der Waals surface area contributed by atoms with E-state index in [0.29, 0.717) is 0 Å². The molecule has 0 spiro atoms. The van der Waals surface area contributed by atoms with Crippen LogP contribution in [0.25, 0.3) is 0 Å². The number of hydrogen-bond acceptors (Lipinski definition) is 2. The van der Waals surface area contributed by atoms with Gasteiger partial charge in [0.15, 0.2) is 0 Å². The maximum absolute atomic E-state index is 12.6. The average Bonchev–Trinajstić information content (AvgIpc) is 2.10. The number of hydrogen-bond donors (Lipinski definition) is 2. The summed E-state index contributed by atoms with van der Waals surface area (Å²) in [5.41, 5.74) is -2.18. The molecule has 18 heavy (non-hydrogen) atoms. The molecule has 4 nitrogen and oxygen atoms in total. The van der Waals surface area contributed by atoms with Gasteiger partial charge in [0.25, 0.3) is 0 Å². The van der Waals surface area contributed by atoms with Gasteiger partial charge in [-0.2, -0.15) is 13.2 Å². The number of carbonyl (C=O) groups excluding carboxylic acids is 1. The first-order valence-electron chi connectivity index (χ1n) is 5.47. The van der Waals surface area contributed by atoms with Gasteiger partial charge in [0.2, 0.25) is 5.91 Å². The maximum Gasteiger partial charge on any atom is 0.394 e. The first-order valence-corrected chi connectivity index (χ1v) is 5.47. The van der Waals surface area contributed by atoms with Crippen LogP contribution in [0.1, 0.15) is 34.1 Å². The Labute approximate surface area is 104 Å². The summed E-state index contributed by atoms with van der Waals surface area (Å²) in [4.78, 5) is 22.3. The van der Waals surface area contributed by atoms with E-state index in [-0.39, 0.29) is 0 Å². The van der Waals surface area contributed by atoms with Gasteiger partial charge in [0.1, 0.15) is 6.04 Å². The summed E-state index contributed by atoms with van der Waals surface area (Å²) in [6, 6.07) is -1.18. The van der Waals surface area contributed by atoms with Crippen molar-refractivity contribution in [3.63, 3.8) is 0 Å². The lowest BCUT2D eigenvalue weighted by atomic mass is 9.88. The Kier molecular flexibility index (Phi) is 5.19. The second-order valence-electron chi connectivity index (χ2n) is 5.19. The Morgan fingerprint density at radius 1 is 1.22 bits per heavy atom. The number of alkyl halides is 3. The number of carboxylic acid groups (broad SMARTS) is 1. The maximum atomic E-state index is 12.6. The standard InChI is InChI=1S/C11H18F3NO3/c1-6(2)8(9(17)18)15-7(16)5-10(3,4)11(12,13)14/h6,8H,5H2,1-4H3,(H,15,16)(H,17,18)/t8-/m0/s1. The molecule has 0 aromatic carbocycles. The van der Waals surface area contributed by atoms with Crippen molar-refractivity contribution < 1.29 is 27.9 Å². The van der Waals surface area contributed by atoms with E-state index in [1.165, 1.54) is 0 Å². The Bertz CT molecular complexity index is 324. The van der Waals surface area contributed by atoms with Crippen molar-refractivity contribution in [2.45, 2.75) is 46.3 Å². The van der Waals surface area contributed by atoms with Crippen LogP contribution in [0, 0.1) is 11.3 Å². The molecule has 0 saturated heterocycles. The summed E-state index contributed by atoms with van der Waals surface area (Å²) in [5.74, 6) is -2.58. The molecule has 1 atom stereocenters. The number of halogens is 3. The highest BCUT2D eigenvalue weighted by Gasteiger charge is 2.48. The molecule has 0 rings (SSSR count). The van der Waals surface area contributed by atoms with Gasteiger partial charge in [-0.25, -0.2) is 4.79 Å². The average molecular weight is 269 g/mol. The monoisotopic (exact) mass is 269 g/mol. The van der Waals surface area contributed by atoms with Crippen molar-refractivity contribution in [3.8, 4) is 0 Å². The van der Waals surface area contributed by atoms with Crippen LogP contribution < -0.4 is 5.32 Å². The van der Waals surface area contributed by atoms with Crippen LogP contribution in [0.5, 0.6) is 0 Å². The van der Waals surface area contributed by atoms with Crippen LogP contribution in [0.4, 0.5) is 13.2 Å². The van der Waals surface area contributed by atoms with Gasteiger partial charge in [-0.05, 0) is 5.92 Å². The summed E-state index contributed by atoms with van der Waals surface area (Å²) in [6.07, 6.45) is -5.31. The van der Waals surface area contributed by atoms with E-state index in [4.69, 9.17) is 5.11 Å². The second kappa shape index (κ2) is 5.58. The molecule has 0 aromatic rings. The zero-order valence-electron chi connectivity index (χ0n) is 10.8. The van der Waals surface area contributed by atoms with E-state index in [9.17, 15) is 22.8 Å². The van der Waals surface area contributed by atoms with E-state index in [1.54, 1.807) is 13.8 Å². The van der Waals surface area contributed by atoms with Crippen LogP contribution in [0.2, 0.25) is 0 Å². The van der Waals surface area contributed by atoms with Crippen LogP contribution in [-0.4, -0.2) is 29.2 Å². The van der Waals surface area contributed by atoms with Crippen LogP contribution >= 0.6 is 0 Å². The fourth-order valence-electron chi connectivity index (χ4n) is 1.24. The molecular weight excluding hydrogens is 251 g/mol. The second-order valence-corrected chi connectivity index (χ2v) is 5.19. The summed E-state index contributed by atoms with van der Waals surface area (Å²) >= 11 is 0. The first kappa shape index (κ1) is 16.7. The van der Waals surface area contributed by atoms with Crippen LogP contribution in [0.15, 0.2) is 0 Å². The molecule has 1 amide bonds. The van der Waals surface area contributed by atoms with E-state index in [2.05, 4.69) is 5.32 Å². The third-order valence-corrected chi connectivity index (χ3v) is 2.62. The lowest BCUT2D eigenvalue weighted by Gasteiger charge is -2.28. The minimum Gasteiger partial charge on any atom is -0.480 e. The highest BCUT2D eigenvalue weighted by atomic mass is 19.4. The van der Waals surface area contributed by atoms with Crippen molar-refractivity contribution in [3.05, 3.63) is 0 Å². The molecular formula is C11H18F3NO3. The lowest BCUT2D eigenvalue weighted by Crippen LogP contribution is -2.47. The van der Waals surface area contributed by atoms with E-state index in [1.807, 2.05) is 0 Å². The van der Waals surface area contributed by atoms with Crippen molar-refractivity contribution in [2.24, 2.45) is 11.3 Å². The van der Waals surface area contributed by atoms with Crippen LogP contribution in [0.3, 0.4) is 0 Å². The van der Waals surface area contributed by atoms with Crippen LogP contribution in [-0.2, 0) is 9.59 Å². The largest absolute Gasteiger partial charge is 0.480 e. The molecule has 0 bridgehead atoms. The lowest BCUT2D eigenvalue weighted by molar-refractivity contribution is -0.213. The van der Waals surface area contributed by atoms with E-state index < -0.39 is 41.8 Å². The third-order valence-electron chi connectivity index (χ3n) is 2.62. The minimum atomic E-state index is -4.51. The molecule has 0 heterocycles. The number of nitrogens with one attached hydrogen (secondary N) is 1. The van der Waals surface area contributed by atoms with Gasteiger partial charge >= 0.3 is 12.1 Å². The number of aliphatic carboxylic acids is 1. The van der Waals surface area contributed by atoms with Crippen molar-refractivity contribution >= 4 is 11.9 Å². The highest BCUT2D eigenvalue weighted by molar-refractivity contribution is 5.84. The van der Waals surface area contributed by atoms with Gasteiger partial charge in [-0.3, -0.25) is 4.79 Å². The molecule has 0 aliphatic rings. The topological polar surface area (TPSA) is 66.4 Å². The van der Waals surface area contributed by atoms with Gasteiger partial charge in [0, 0.05) is 6.42 Å². The molecule has 0 saturated carbocycles. The van der Waals surface area contributed by atoms with Gasteiger partial charge in [0.05, 0.1) is 5.41 Å². The Morgan fingerprint density at radius 2 is 1.67 bits per heavy atom. The molecule has 0 aromatic heterocycles. The van der Waals surface area contributed by atoms with Crippen molar-refractivity contribution in [1.82, 2.24) is 5.32 Å². The molecule has 0 aliphatic carbocycles. The Morgan fingerprint density at radius 3 is 1.94 bits per heavy atom. The van der Waals surface area contributed by atoms with Gasteiger partial charge in [-0.1, -0.05) is 27.7 Å². The predicted molar refractivity (Wildman–Crippen MR) is 58.9 cm³/mol.